The summed E-state index contributed by atoms with van der Waals surface area (Å²) in [4.78, 5) is 17.9. The Morgan fingerprint density at radius 3 is 2.63 bits per heavy atom. The first-order chi connectivity index (χ1) is 18.4. The first-order valence-corrected chi connectivity index (χ1v) is 13.8. The molecule has 6 heteroatoms. The summed E-state index contributed by atoms with van der Waals surface area (Å²) in [6.45, 7) is 5.38. The number of methoxy groups -OCH3 is 1. The minimum Gasteiger partial charge on any atom is -0.481 e. The van der Waals surface area contributed by atoms with Crippen molar-refractivity contribution in [3.8, 4) is 5.88 Å². The van der Waals surface area contributed by atoms with Crippen LogP contribution in [0.15, 0.2) is 60.7 Å². The maximum absolute atomic E-state index is 13.4. The molecule has 4 bridgehead atoms. The number of rotatable bonds is 7. The number of carbonyl (C=O) groups is 1. The van der Waals surface area contributed by atoms with E-state index < -0.39 is 12.1 Å². The molecule has 1 aliphatic heterocycles. The van der Waals surface area contributed by atoms with Gasteiger partial charge in [-0.25, -0.2) is 4.98 Å². The van der Waals surface area contributed by atoms with E-state index in [9.17, 15) is 9.90 Å². The highest BCUT2D eigenvalue weighted by atomic mass is 16.5. The number of hydrogen-bond acceptors (Lipinski definition) is 5. The molecule has 4 rings (SSSR count). The highest BCUT2D eigenvalue weighted by Crippen LogP contribution is 2.19. The molecule has 2 aromatic carbocycles. The average molecular weight is 516 g/mol. The van der Waals surface area contributed by atoms with E-state index in [2.05, 4.69) is 78.0 Å². The fourth-order valence-electron chi connectivity index (χ4n) is 5.01. The Morgan fingerprint density at radius 1 is 1.03 bits per heavy atom. The summed E-state index contributed by atoms with van der Waals surface area (Å²) >= 11 is 0. The predicted molar refractivity (Wildman–Crippen MR) is 152 cm³/mol. The fraction of sp³-hybridized carbons (Fsp3) is 0.438. The minimum atomic E-state index is -0.769. The molecule has 2 heterocycles. The van der Waals surface area contributed by atoms with E-state index in [1.807, 2.05) is 6.07 Å². The Kier molecular flexibility index (Phi) is 9.91. The molecule has 2 atom stereocenters. The van der Waals surface area contributed by atoms with Gasteiger partial charge in [-0.3, -0.25) is 4.79 Å². The van der Waals surface area contributed by atoms with Crippen LogP contribution in [0.4, 0.5) is 0 Å². The molecule has 202 valence electrons. The van der Waals surface area contributed by atoms with Crippen LogP contribution in [0.1, 0.15) is 77.3 Å². The minimum absolute atomic E-state index is 0.230. The third kappa shape index (κ3) is 7.89. The van der Waals surface area contributed by atoms with Gasteiger partial charge in [-0.05, 0) is 66.3 Å². The smallest absolute Gasteiger partial charge is 0.251 e. The van der Waals surface area contributed by atoms with Crippen LogP contribution in [0.3, 0.4) is 0 Å². The second-order valence-corrected chi connectivity index (χ2v) is 10.7. The topological polar surface area (TPSA) is 83.5 Å². The Morgan fingerprint density at radius 2 is 1.82 bits per heavy atom. The molecule has 38 heavy (non-hydrogen) atoms. The van der Waals surface area contributed by atoms with Gasteiger partial charge in [-0.1, -0.05) is 68.8 Å². The van der Waals surface area contributed by atoms with Crippen molar-refractivity contribution in [2.75, 3.05) is 13.7 Å². The van der Waals surface area contributed by atoms with Crippen LogP contribution in [-0.4, -0.2) is 41.8 Å². The van der Waals surface area contributed by atoms with Crippen molar-refractivity contribution in [1.29, 1.82) is 0 Å². The molecule has 3 N–H and O–H groups in total. The summed E-state index contributed by atoms with van der Waals surface area (Å²) < 4.78 is 5.38. The zero-order valence-corrected chi connectivity index (χ0v) is 22.9. The van der Waals surface area contributed by atoms with Gasteiger partial charge in [0.15, 0.2) is 0 Å². The molecule has 0 spiro atoms. The van der Waals surface area contributed by atoms with Gasteiger partial charge >= 0.3 is 0 Å². The van der Waals surface area contributed by atoms with Crippen molar-refractivity contribution >= 4 is 5.91 Å². The lowest BCUT2D eigenvalue weighted by Gasteiger charge is -2.25. The zero-order chi connectivity index (χ0) is 26.9. The van der Waals surface area contributed by atoms with Crippen molar-refractivity contribution in [2.24, 2.45) is 0 Å². The van der Waals surface area contributed by atoms with E-state index in [-0.39, 0.29) is 5.91 Å². The zero-order valence-electron chi connectivity index (χ0n) is 22.9. The van der Waals surface area contributed by atoms with Gasteiger partial charge in [0, 0.05) is 30.4 Å². The molecule has 3 aromatic rings. The quantitative estimate of drug-likeness (QED) is 0.414. The SMILES string of the molecule is COc1cc2cc(n1)CCCCCc1cccc(c1)C[C@@H]([C@H](O)CNCc1cccc(C(C)C)c1)NC2=O. The molecule has 0 fully saturated rings. The predicted octanol–water partition coefficient (Wildman–Crippen LogP) is 4.97. The van der Waals surface area contributed by atoms with Gasteiger partial charge < -0.3 is 20.5 Å². The monoisotopic (exact) mass is 515 g/mol. The number of amides is 1. The van der Waals surface area contributed by atoms with Crippen LogP contribution in [0.5, 0.6) is 5.88 Å². The summed E-state index contributed by atoms with van der Waals surface area (Å²) in [6.07, 6.45) is 4.79. The van der Waals surface area contributed by atoms with E-state index in [1.165, 1.54) is 16.7 Å². The fourth-order valence-corrected chi connectivity index (χ4v) is 5.01. The van der Waals surface area contributed by atoms with E-state index in [4.69, 9.17) is 4.74 Å². The first kappa shape index (κ1) is 27.8. The standard InChI is InChI=1S/C32H41N3O3/c1-22(2)26-13-8-12-25(16-26)20-33-21-30(36)29-17-24-11-7-10-23(15-24)9-5-4-6-14-28-18-27(32(37)35-29)19-31(34-28)38-3/h7-8,10-13,15-16,18-19,22,29-30,33,36H,4-6,9,14,17,20-21H2,1-3H3,(H,35,37)/t29-,30+/m0/s1. The van der Waals surface area contributed by atoms with Crippen LogP contribution >= 0.6 is 0 Å². The Labute approximate surface area is 226 Å². The van der Waals surface area contributed by atoms with Crippen molar-refractivity contribution in [3.05, 3.63) is 94.2 Å². The van der Waals surface area contributed by atoms with Gasteiger partial charge in [0.25, 0.3) is 5.91 Å². The normalized spacial score (nSPS) is 17.3. The van der Waals surface area contributed by atoms with Gasteiger partial charge in [-0.15, -0.1) is 0 Å². The van der Waals surface area contributed by atoms with E-state index in [1.54, 1.807) is 13.2 Å². The number of aliphatic hydroxyl groups is 1. The van der Waals surface area contributed by atoms with E-state index in [0.29, 0.717) is 36.9 Å². The van der Waals surface area contributed by atoms with Gasteiger partial charge in [0.05, 0.1) is 19.3 Å². The summed E-state index contributed by atoms with van der Waals surface area (Å²) in [5, 5.41) is 17.8. The molecule has 1 aromatic heterocycles. The molecule has 0 aliphatic carbocycles. The number of fused-ring (bicyclic) bond motifs is 4. The Balaban J connectivity index is 1.52. The van der Waals surface area contributed by atoms with Gasteiger partial charge in [0.2, 0.25) is 5.88 Å². The number of hydrogen-bond donors (Lipinski definition) is 3. The number of benzene rings is 2. The largest absolute Gasteiger partial charge is 0.481 e. The lowest BCUT2D eigenvalue weighted by Crippen LogP contribution is -2.48. The number of nitrogens with one attached hydrogen (secondary N) is 2. The van der Waals surface area contributed by atoms with E-state index in [0.717, 1.165) is 43.4 Å². The second-order valence-electron chi connectivity index (χ2n) is 10.7. The molecule has 6 nitrogen and oxygen atoms in total. The average Bonchev–Trinajstić information content (AvgIpc) is 2.92. The first-order valence-electron chi connectivity index (χ1n) is 13.8. The summed E-state index contributed by atoms with van der Waals surface area (Å²) in [6, 6.07) is 20.1. The van der Waals surface area contributed by atoms with Crippen molar-refractivity contribution < 1.29 is 14.6 Å². The molecule has 0 radical (unpaired) electrons. The van der Waals surface area contributed by atoms with Gasteiger partial charge in [-0.2, -0.15) is 0 Å². The second kappa shape index (κ2) is 13.5. The third-order valence-corrected chi connectivity index (χ3v) is 7.25. The Hall–Kier alpha value is -3.22. The number of ether oxygens (including phenoxy) is 1. The summed E-state index contributed by atoms with van der Waals surface area (Å²) in [5.74, 6) is 0.672. The summed E-state index contributed by atoms with van der Waals surface area (Å²) in [7, 11) is 1.57. The molecule has 1 amide bonds. The maximum Gasteiger partial charge on any atom is 0.251 e. The summed E-state index contributed by atoms with van der Waals surface area (Å²) in [5.41, 5.74) is 6.24. The highest BCUT2D eigenvalue weighted by Gasteiger charge is 2.23. The van der Waals surface area contributed by atoms with Gasteiger partial charge in [0.1, 0.15) is 0 Å². The number of nitrogens with zero attached hydrogens (tertiary/aromatic N) is 1. The van der Waals surface area contributed by atoms with Crippen molar-refractivity contribution in [3.63, 3.8) is 0 Å². The Bertz CT molecular complexity index is 1210. The molecule has 0 saturated carbocycles. The number of aliphatic hydroxyl groups excluding tert-OH is 1. The lowest BCUT2D eigenvalue weighted by molar-refractivity contribution is 0.0829. The maximum atomic E-state index is 13.4. The third-order valence-electron chi connectivity index (χ3n) is 7.25. The number of pyridine rings is 1. The molecular weight excluding hydrogens is 474 g/mol. The lowest BCUT2D eigenvalue weighted by atomic mass is 9.97. The van der Waals surface area contributed by atoms with E-state index >= 15 is 0 Å². The van der Waals surface area contributed by atoms with Crippen LogP contribution in [0.2, 0.25) is 0 Å². The van der Waals surface area contributed by atoms with Crippen LogP contribution in [-0.2, 0) is 25.8 Å². The van der Waals surface area contributed by atoms with Crippen LogP contribution < -0.4 is 15.4 Å². The number of aromatic nitrogens is 1. The highest BCUT2D eigenvalue weighted by molar-refractivity contribution is 5.94. The number of aryl methyl sites for hydroxylation is 2. The van der Waals surface area contributed by atoms with Crippen LogP contribution in [0.25, 0.3) is 0 Å². The number of carbonyl (C=O) groups excluding carboxylic acids is 1. The molecular formula is C32H41N3O3. The molecule has 1 aliphatic rings. The van der Waals surface area contributed by atoms with Crippen LogP contribution in [0, 0.1) is 0 Å². The van der Waals surface area contributed by atoms with Crippen molar-refractivity contribution in [1.82, 2.24) is 15.6 Å². The van der Waals surface area contributed by atoms with Crippen molar-refractivity contribution in [2.45, 2.75) is 77.0 Å². The molecule has 0 unspecified atom stereocenters. The molecule has 0 saturated heterocycles.